The molecule has 0 fully saturated rings. The topological polar surface area (TPSA) is 81.3 Å². The minimum absolute atomic E-state index is 0.0554. The Morgan fingerprint density at radius 3 is 2.59 bits per heavy atom. The highest BCUT2D eigenvalue weighted by Crippen LogP contribution is 2.21. The van der Waals surface area contributed by atoms with E-state index in [0.29, 0.717) is 35.3 Å². The smallest absolute Gasteiger partial charge is 0.262 e. The summed E-state index contributed by atoms with van der Waals surface area (Å²) in [6, 6.07) is 17.5. The molecule has 0 aliphatic carbocycles. The zero-order valence-electron chi connectivity index (χ0n) is 18.3. The molecular weight excluding hydrogens is 422 g/mol. The van der Waals surface area contributed by atoms with Gasteiger partial charge < -0.3 is 5.32 Å². The zero-order valence-corrected chi connectivity index (χ0v) is 19.1. The molecule has 0 aliphatic rings. The second-order valence-electron chi connectivity index (χ2n) is 8.15. The Morgan fingerprint density at radius 1 is 1.06 bits per heavy atom. The van der Waals surface area contributed by atoms with Crippen molar-refractivity contribution in [1.29, 1.82) is 0 Å². The normalized spacial score (nSPS) is 11.5. The van der Waals surface area contributed by atoms with Gasteiger partial charge in [0.1, 0.15) is 0 Å². The largest absolute Gasteiger partial charge is 0.355 e. The summed E-state index contributed by atoms with van der Waals surface area (Å²) in [5.41, 5.74) is 1.89. The Morgan fingerprint density at radius 2 is 1.81 bits per heavy atom. The molecule has 32 heavy (non-hydrogen) atoms. The predicted molar refractivity (Wildman–Crippen MR) is 128 cm³/mol. The van der Waals surface area contributed by atoms with Crippen LogP contribution in [0, 0.1) is 5.92 Å². The summed E-state index contributed by atoms with van der Waals surface area (Å²) in [6.07, 6.45) is 1.66. The van der Waals surface area contributed by atoms with Crippen molar-refractivity contribution in [3.8, 4) is 0 Å². The number of benzene rings is 2. The van der Waals surface area contributed by atoms with E-state index in [1.54, 1.807) is 4.57 Å². The third-order valence-corrected chi connectivity index (χ3v) is 6.25. The van der Waals surface area contributed by atoms with E-state index in [-0.39, 0.29) is 17.2 Å². The molecule has 0 saturated carbocycles. The summed E-state index contributed by atoms with van der Waals surface area (Å²) in [6.45, 7) is 5.42. The van der Waals surface area contributed by atoms with Gasteiger partial charge in [0, 0.05) is 13.1 Å². The van der Waals surface area contributed by atoms with Crippen molar-refractivity contribution in [3.63, 3.8) is 0 Å². The monoisotopic (exact) mass is 449 g/mol. The first-order chi connectivity index (χ1) is 15.5. The average Bonchev–Trinajstić information content (AvgIpc) is 3.22. The van der Waals surface area contributed by atoms with Gasteiger partial charge >= 0.3 is 0 Å². The molecule has 166 valence electrons. The number of carbonyl (C=O) groups is 1. The minimum atomic E-state index is -0.0589. The number of thioether (sulfide) groups is 1. The van der Waals surface area contributed by atoms with Crippen molar-refractivity contribution in [2.45, 2.75) is 38.4 Å². The Labute approximate surface area is 190 Å². The van der Waals surface area contributed by atoms with E-state index >= 15 is 0 Å². The second kappa shape index (κ2) is 9.99. The maximum absolute atomic E-state index is 13.1. The summed E-state index contributed by atoms with van der Waals surface area (Å²) < 4.78 is 3.58. The van der Waals surface area contributed by atoms with Gasteiger partial charge in [-0.1, -0.05) is 68.1 Å². The van der Waals surface area contributed by atoms with Gasteiger partial charge in [0.15, 0.2) is 5.16 Å². The van der Waals surface area contributed by atoms with Crippen LogP contribution in [0.1, 0.15) is 25.8 Å². The van der Waals surface area contributed by atoms with E-state index < -0.39 is 0 Å². The number of hydrogen-bond acceptors (Lipinski definition) is 5. The molecule has 0 saturated heterocycles. The number of fused-ring (bicyclic) bond motifs is 3. The fraction of sp³-hybridized carbons (Fsp3) is 0.333. The Balaban J connectivity index is 1.53. The molecule has 0 radical (unpaired) electrons. The van der Waals surface area contributed by atoms with E-state index in [0.717, 1.165) is 18.4 Å². The van der Waals surface area contributed by atoms with E-state index in [9.17, 15) is 9.59 Å². The van der Waals surface area contributed by atoms with Gasteiger partial charge in [0.2, 0.25) is 11.7 Å². The van der Waals surface area contributed by atoms with Crippen LogP contribution in [0.4, 0.5) is 0 Å². The highest BCUT2D eigenvalue weighted by molar-refractivity contribution is 7.99. The van der Waals surface area contributed by atoms with Crippen molar-refractivity contribution in [1.82, 2.24) is 24.5 Å². The molecule has 1 N–H and O–H groups in total. The number of nitrogens with one attached hydrogen (secondary N) is 1. The lowest BCUT2D eigenvalue weighted by atomic mass is 10.1. The maximum Gasteiger partial charge on any atom is 0.262 e. The van der Waals surface area contributed by atoms with Crippen molar-refractivity contribution in [3.05, 3.63) is 70.5 Å². The van der Waals surface area contributed by atoms with Gasteiger partial charge in [0.25, 0.3) is 5.56 Å². The second-order valence-corrected chi connectivity index (χ2v) is 9.09. The van der Waals surface area contributed by atoms with Crippen LogP contribution in [-0.2, 0) is 17.8 Å². The number of amides is 1. The number of rotatable bonds is 9. The summed E-state index contributed by atoms with van der Waals surface area (Å²) in [5.74, 6) is 1.15. The van der Waals surface area contributed by atoms with Crippen LogP contribution in [0.25, 0.3) is 16.7 Å². The Kier molecular flexibility index (Phi) is 6.90. The van der Waals surface area contributed by atoms with Gasteiger partial charge in [-0.2, -0.15) is 0 Å². The van der Waals surface area contributed by atoms with E-state index in [1.165, 1.54) is 17.3 Å². The van der Waals surface area contributed by atoms with Gasteiger partial charge in [-0.25, -0.2) is 0 Å². The van der Waals surface area contributed by atoms with Gasteiger partial charge in [-0.3, -0.25) is 18.6 Å². The summed E-state index contributed by atoms with van der Waals surface area (Å²) in [4.78, 5) is 25.5. The van der Waals surface area contributed by atoms with Crippen LogP contribution in [-0.4, -0.2) is 37.4 Å². The van der Waals surface area contributed by atoms with Crippen LogP contribution in [0.15, 0.2) is 64.5 Å². The maximum atomic E-state index is 13.1. The molecule has 0 aliphatic heterocycles. The first-order valence-corrected chi connectivity index (χ1v) is 11.8. The molecule has 2 heterocycles. The number of aryl methyl sites for hydroxylation is 1. The van der Waals surface area contributed by atoms with Gasteiger partial charge in [0.05, 0.1) is 16.7 Å². The molecular formula is C24H27N5O2S. The minimum Gasteiger partial charge on any atom is -0.355 e. The van der Waals surface area contributed by atoms with Gasteiger partial charge in [-0.05, 0) is 36.5 Å². The van der Waals surface area contributed by atoms with Crippen LogP contribution in [0.5, 0.6) is 0 Å². The first kappa shape index (κ1) is 22.1. The molecule has 1 amide bonds. The predicted octanol–water partition coefficient (Wildman–Crippen LogP) is 3.54. The highest BCUT2D eigenvalue weighted by Gasteiger charge is 2.17. The van der Waals surface area contributed by atoms with E-state index in [4.69, 9.17) is 0 Å². The zero-order chi connectivity index (χ0) is 22.5. The number of para-hydroxylation sites is 1. The fourth-order valence-corrected chi connectivity index (χ4v) is 4.36. The number of nitrogens with zero attached hydrogens (tertiary/aromatic N) is 4. The standard InChI is InChI=1S/C24H27N5O2S/c1-17(2)13-15-28-22(31)19-10-6-7-11-20(19)29-23(28)26-27-24(29)32-16-21(30)25-14-12-18-8-4-3-5-9-18/h3-11,17H,12-16H2,1-2H3,(H,25,30). The average molecular weight is 450 g/mol. The first-order valence-electron chi connectivity index (χ1n) is 10.8. The Bertz CT molecular complexity index is 1280. The quantitative estimate of drug-likeness (QED) is 0.395. The highest BCUT2D eigenvalue weighted by atomic mass is 32.2. The SMILES string of the molecule is CC(C)CCn1c(=O)c2ccccc2n2c(SCC(=O)NCCc3ccccc3)nnc12. The molecule has 0 atom stereocenters. The molecule has 4 aromatic rings. The molecule has 2 aromatic heterocycles. The van der Waals surface area contributed by atoms with Crippen LogP contribution in [0.2, 0.25) is 0 Å². The van der Waals surface area contributed by atoms with E-state index in [1.807, 2.05) is 59.0 Å². The van der Waals surface area contributed by atoms with Crippen molar-refractivity contribution >= 4 is 34.3 Å². The summed E-state index contributed by atoms with van der Waals surface area (Å²) in [5, 5.41) is 12.8. The van der Waals surface area contributed by atoms with Crippen molar-refractivity contribution < 1.29 is 4.79 Å². The molecule has 8 heteroatoms. The third-order valence-electron chi connectivity index (χ3n) is 5.32. The van der Waals surface area contributed by atoms with Crippen LogP contribution >= 0.6 is 11.8 Å². The molecule has 2 aromatic carbocycles. The molecule has 4 rings (SSSR count). The lowest BCUT2D eigenvalue weighted by Crippen LogP contribution is -2.27. The summed E-state index contributed by atoms with van der Waals surface area (Å²) in [7, 11) is 0. The molecule has 0 bridgehead atoms. The number of carbonyl (C=O) groups excluding carboxylic acids is 1. The van der Waals surface area contributed by atoms with Crippen molar-refractivity contribution in [2.75, 3.05) is 12.3 Å². The molecule has 0 spiro atoms. The van der Waals surface area contributed by atoms with Crippen LogP contribution in [0.3, 0.4) is 0 Å². The Hall–Kier alpha value is -3.13. The van der Waals surface area contributed by atoms with Crippen molar-refractivity contribution in [2.24, 2.45) is 5.92 Å². The lowest BCUT2D eigenvalue weighted by Gasteiger charge is -2.12. The number of hydrogen-bond donors (Lipinski definition) is 1. The lowest BCUT2D eigenvalue weighted by molar-refractivity contribution is -0.118. The molecule has 7 nitrogen and oxygen atoms in total. The fourth-order valence-electron chi connectivity index (χ4n) is 3.59. The molecule has 0 unspecified atom stereocenters. The number of aromatic nitrogens is 4. The summed E-state index contributed by atoms with van der Waals surface area (Å²) >= 11 is 1.33. The van der Waals surface area contributed by atoms with Gasteiger partial charge in [-0.15, -0.1) is 10.2 Å². The van der Waals surface area contributed by atoms with E-state index in [2.05, 4.69) is 29.4 Å². The third kappa shape index (κ3) is 4.85. The van der Waals surface area contributed by atoms with Crippen LogP contribution < -0.4 is 10.9 Å².